The average molecular weight is 177 g/mol. The van der Waals surface area contributed by atoms with Crippen LogP contribution in [0.5, 0.6) is 0 Å². The molecule has 0 saturated heterocycles. The first kappa shape index (κ1) is 9.05. The van der Waals surface area contributed by atoms with Gasteiger partial charge in [-0.2, -0.15) is 11.3 Å². The van der Waals surface area contributed by atoms with Crippen molar-refractivity contribution in [3.05, 3.63) is 29.0 Å². The molecule has 1 N–H and O–H groups in total. The minimum absolute atomic E-state index is 0.600. The molecule has 0 aliphatic carbocycles. The maximum absolute atomic E-state index is 5.09. The van der Waals surface area contributed by atoms with Gasteiger partial charge in [0.1, 0.15) is 0 Å². The standard InChI is InChI=1S/C10H11NS/c1-3-5-11-7-9(2)10-4-6-12-8-10/h1,4,6,8,11H,2,5,7H2. The summed E-state index contributed by atoms with van der Waals surface area (Å²) >= 11 is 1.68. The van der Waals surface area contributed by atoms with Crippen LogP contribution in [0.4, 0.5) is 0 Å². The fourth-order valence-electron chi connectivity index (χ4n) is 0.853. The van der Waals surface area contributed by atoms with Gasteiger partial charge < -0.3 is 5.32 Å². The molecule has 0 radical (unpaired) electrons. The van der Waals surface area contributed by atoms with E-state index in [2.05, 4.69) is 29.3 Å². The summed E-state index contributed by atoms with van der Waals surface area (Å²) in [5.74, 6) is 2.52. The number of hydrogen-bond acceptors (Lipinski definition) is 2. The molecule has 0 bridgehead atoms. The molecule has 12 heavy (non-hydrogen) atoms. The van der Waals surface area contributed by atoms with Gasteiger partial charge in [-0.05, 0) is 28.0 Å². The number of rotatable bonds is 4. The summed E-state index contributed by atoms with van der Waals surface area (Å²) in [5, 5.41) is 7.22. The summed E-state index contributed by atoms with van der Waals surface area (Å²) in [5.41, 5.74) is 2.29. The van der Waals surface area contributed by atoms with E-state index in [1.807, 2.05) is 5.38 Å². The van der Waals surface area contributed by atoms with E-state index in [9.17, 15) is 0 Å². The third-order valence-electron chi connectivity index (χ3n) is 1.49. The summed E-state index contributed by atoms with van der Waals surface area (Å²) in [6, 6.07) is 2.06. The van der Waals surface area contributed by atoms with Crippen molar-refractivity contribution < 1.29 is 0 Å². The van der Waals surface area contributed by atoms with Crippen LogP contribution in [-0.2, 0) is 0 Å². The van der Waals surface area contributed by atoms with Gasteiger partial charge in [-0.1, -0.05) is 12.5 Å². The number of nitrogens with one attached hydrogen (secondary N) is 1. The first-order valence-electron chi connectivity index (χ1n) is 3.69. The van der Waals surface area contributed by atoms with E-state index in [0.717, 1.165) is 12.1 Å². The van der Waals surface area contributed by atoms with Crippen LogP contribution < -0.4 is 5.32 Å². The van der Waals surface area contributed by atoms with Crippen molar-refractivity contribution in [2.45, 2.75) is 0 Å². The van der Waals surface area contributed by atoms with Gasteiger partial charge in [-0.3, -0.25) is 0 Å². The van der Waals surface area contributed by atoms with E-state index in [-0.39, 0.29) is 0 Å². The van der Waals surface area contributed by atoms with Crippen LogP contribution in [0.25, 0.3) is 5.57 Å². The molecule has 0 aliphatic rings. The van der Waals surface area contributed by atoms with E-state index in [4.69, 9.17) is 6.42 Å². The zero-order valence-corrected chi connectivity index (χ0v) is 7.66. The van der Waals surface area contributed by atoms with Gasteiger partial charge in [0.05, 0.1) is 6.54 Å². The van der Waals surface area contributed by atoms with Crippen molar-refractivity contribution >= 4 is 16.9 Å². The lowest BCUT2D eigenvalue weighted by Gasteiger charge is -2.02. The maximum Gasteiger partial charge on any atom is 0.0576 e. The van der Waals surface area contributed by atoms with Crippen LogP contribution in [0.1, 0.15) is 5.56 Å². The van der Waals surface area contributed by atoms with Gasteiger partial charge in [0.2, 0.25) is 0 Å². The van der Waals surface area contributed by atoms with Crippen LogP contribution in [0.15, 0.2) is 23.4 Å². The summed E-state index contributed by atoms with van der Waals surface area (Å²) in [4.78, 5) is 0. The van der Waals surface area contributed by atoms with E-state index in [0.29, 0.717) is 6.54 Å². The zero-order valence-electron chi connectivity index (χ0n) is 6.84. The molecule has 0 aliphatic heterocycles. The second-order valence-corrected chi connectivity index (χ2v) is 3.20. The Morgan fingerprint density at radius 1 is 1.75 bits per heavy atom. The van der Waals surface area contributed by atoms with Crippen molar-refractivity contribution in [2.75, 3.05) is 13.1 Å². The summed E-state index contributed by atoms with van der Waals surface area (Å²) < 4.78 is 0. The van der Waals surface area contributed by atoms with Gasteiger partial charge in [0.15, 0.2) is 0 Å². The van der Waals surface area contributed by atoms with Crippen molar-refractivity contribution in [1.82, 2.24) is 5.32 Å². The third kappa shape index (κ3) is 2.54. The Bertz CT molecular complexity index is 279. The predicted octanol–water partition coefficient (Wildman–Crippen LogP) is 1.98. The van der Waals surface area contributed by atoms with Gasteiger partial charge in [0.25, 0.3) is 0 Å². The van der Waals surface area contributed by atoms with Crippen LogP contribution in [-0.4, -0.2) is 13.1 Å². The summed E-state index contributed by atoms with van der Waals surface area (Å²) in [7, 11) is 0. The highest BCUT2D eigenvalue weighted by molar-refractivity contribution is 7.08. The SMILES string of the molecule is C#CCNCC(=C)c1ccsc1. The van der Waals surface area contributed by atoms with E-state index in [1.165, 1.54) is 5.56 Å². The minimum atomic E-state index is 0.600. The van der Waals surface area contributed by atoms with E-state index < -0.39 is 0 Å². The largest absolute Gasteiger partial charge is 0.302 e. The lowest BCUT2D eigenvalue weighted by Crippen LogP contribution is -2.15. The Hall–Kier alpha value is -1.04. The molecule has 0 amide bonds. The molecule has 2 heteroatoms. The molecular weight excluding hydrogens is 166 g/mol. The summed E-state index contributed by atoms with van der Waals surface area (Å²) in [6.07, 6.45) is 5.09. The highest BCUT2D eigenvalue weighted by atomic mass is 32.1. The highest BCUT2D eigenvalue weighted by Gasteiger charge is 1.96. The molecule has 1 heterocycles. The Kier molecular flexibility index (Phi) is 3.59. The minimum Gasteiger partial charge on any atom is -0.302 e. The second-order valence-electron chi connectivity index (χ2n) is 2.42. The van der Waals surface area contributed by atoms with Crippen LogP contribution in [0.2, 0.25) is 0 Å². The van der Waals surface area contributed by atoms with Gasteiger partial charge in [0, 0.05) is 6.54 Å². The van der Waals surface area contributed by atoms with Crippen molar-refractivity contribution in [1.29, 1.82) is 0 Å². The van der Waals surface area contributed by atoms with E-state index >= 15 is 0 Å². The molecular formula is C10H11NS. The summed E-state index contributed by atoms with van der Waals surface area (Å²) in [6.45, 7) is 5.31. The first-order valence-corrected chi connectivity index (χ1v) is 4.63. The fourth-order valence-corrected chi connectivity index (χ4v) is 1.55. The van der Waals surface area contributed by atoms with Crippen LogP contribution in [0, 0.1) is 12.3 Å². The zero-order chi connectivity index (χ0) is 8.81. The van der Waals surface area contributed by atoms with Gasteiger partial charge >= 0.3 is 0 Å². The molecule has 1 aromatic rings. The quantitative estimate of drug-likeness (QED) is 0.548. The molecule has 0 spiro atoms. The van der Waals surface area contributed by atoms with Gasteiger partial charge in [-0.15, -0.1) is 6.42 Å². The molecule has 62 valence electrons. The monoisotopic (exact) mass is 177 g/mol. The molecule has 0 fully saturated rings. The van der Waals surface area contributed by atoms with Gasteiger partial charge in [-0.25, -0.2) is 0 Å². The second kappa shape index (κ2) is 4.76. The van der Waals surface area contributed by atoms with Crippen molar-refractivity contribution in [3.8, 4) is 12.3 Å². The maximum atomic E-state index is 5.09. The highest BCUT2D eigenvalue weighted by Crippen LogP contribution is 2.14. The number of hydrogen-bond donors (Lipinski definition) is 1. The topological polar surface area (TPSA) is 12.0 Å². The van der Waals surface area contributed by atoms with E-state index in [1.54, 1.807) is 11.3 Å². The molecule has 0 atom stereocenters. The molecule has 1 rings (SSSR count). The Morgan fingerprint density at radius 3 is 3.17 bits per heavy atom. The Morgan fingerprint density at radius 2 is 2.58 bits per heavy atom. The number of thiophene rings is 1. The molecule has 1 aromatic heterocycles. The average Bonchev–Trinajstić information content (AvgIpc) is 2.56. The van der Waals surface area contributed by atoms with Crippen molar-refractivity contribution in [2.24, 2.45) is 0 Å². The fraction of sp³-hybridized carbons (Fsp3) is 0.200. The lowest BCUT2D eigenvalue weighted by atomic mass is 10.1. The molecule has 0 unspecified atom stereocenters. The first-order chi connectivity index (χ1) is 5.84. The molecule has 0 saturated carbocycles. The predicted molar refractivity (Wildman–Crippen MR) is 55.1 cm³/mol. The van der Waals surface area contributed by atoms with Crippen LogP contribution >= 0.6 is 11.3 Å². The normalized spacial score (nSPS) is 9.25. The molecule has 1 nitrogen and oxygen atoms in total. The van der Waals surface area contributed by atoms with Crippen molar-refractivity contribution in [3.63, 3.8) is 0 Å². The lowest BCUT2D eigenvalue weighted by molar-refractivity contribution is 0.869. The van der Waals surface area contributed by atoms with Crippen LogP contribution in [0.3, 0.4) is 0 Å². The smallest absolute Gasteiger partial charge is 0.0576 e. The Labute approximate surface area is 77.1 Å². The Balaban J connectivity index is 2.36. The number of terminal acetylenes is 1. The third-order valence-corrected chi connectivity index (χ3v) is 2.18. The molecule has 0 aromatic carbocycles.